The highest BCUT2D eigenvalue weighted by molar-refractivity contribution is 7.92. The highest BCUT2D eigenvalue weighted by Crippen LogP contribution is 2.26. The molecule has 158 valence electrons. The largest absolute Gasteiger partial charge is 0.466 e. The van der Waals surface area contributed by atoms with Crippen LogP contribution >= 0.6 is 0 Å². The molecule has 0 bridgehead atoms. The number of sulfone groups is 1. The Labute approximate surface area is 172 Å². The number of nitrogens with one attached hydrogen (secondary N) is 1. The Morgan fingerprint density at radius 3 is 2.34 bits per heavy atom. The smallest absolute Gasteiger partial charge is 0.255 e. The van der Waals surface area contributed by atoms with Crippen LogP contribution in [0.1, 0.15) is 55.5 Å². The first-order chi connectivity index (χ1) is 13.5. The molecule has 1 aliphatic rings. The second kappa shape index (κ2) is 7.82. The molecule has 2 aromatic heterocycles. The van der Waals surface area contributed by atoms with Gasteiger partial charge in [0.25, 0.3) is 5.91 Å². The van der Waals surface area contributed by atoms with E-state index in [1.54, 1.807) is 46.0 Å². The minimum atomic E-state index is -3.46. The van der Waals surface area contributed by atoms with Gasteiger partial charge in [0.15, 0.2) is 14.9 Å². The summed E-state index contributed by atoms with van der Waals surface area (Å²) in [5.74, 6) is 1.26. The van der Waals surface area contributed by atoms with Crippen molar-refractivity contribution in [2.75, 3.05) is 18.0 Å². The molecule has 0 saturated carbocycles. The molecule has 0 radical (unpaired) electrons. The van der Waals surface area contributed by atoms with Gasteiger partial charge in [-0.15, -0.1) is 0 Å². The van der Waals surface area contributed by atoms with Crippen molar-refractivity contribution < 1.29 is 17.6 Å². The summed E-state index contributed by atoms with van der Waals surface area (Å²) in [6, 6.07) is 5.25. The van der Waals surface area contributed by atoms with Crippen molar-refractivity contribution in [1.29, 1.82) is 0 Å². The van der Waals surface area contributed by atoms with Gasteiger partial charge in [-0.25, -0.2) is 13.4 Å². The molecule has 1 saturated heterocycles. The van der Waals surface area contributed by atoms with Crippen molar-refractivity contribution in [3.05, 3.63) is 41.5 Å². The van der Waals surface area contributed by atoms with Crippen molar-refractivity contribution in [1.82, 2.24) is 10.3 Å². The number of aryl methyl sites for hydroxylation is 2. The van der Waals surface area contributed by atoms with Gasteiger partial charge < -0.3 is 14.6 Å². The molecular formula is C21H29N3O4S. The van der Waals surface area contributed by atoms with Gasteiger partial charge in [0.1, 0.15) is 11.5 Å². The predicted molar refractivity (Wildman–Crippen MR) is 112 cm³/mol. The van der Waals surface area contributed by atoms with Crippen LogP contribution in [0.4, 0.5) is 5.69 Å². The molecule has 8 heteroatoms. The van der Waals surface area contributed by atoms with E-state index in [1.165, 1.54) is 0 Å². The Hall–Kier alpha value is -2.35. The summed E-state index contributed by atoms with van der Waals surface area (Å²) in [7, 11) is -3.46. The quantitative estimate of drug-likeness (QED) is 0.818. The monoisotopic (exact) mass is 419 g/mol. The second-order valence-corrected chi connectivity index (χ2v) is 11.2. The molecule has 1 N–H and O–H groups in total. The SMILES string of the molecule is Cc1cc(C(=O)NC2CCN(c3ccc(S(=O)(=O)C(C)(C)C)nc3)CC2)c(C)o1. The first-order valence-corrected chi connectivity index (χ1v) is 11.3. The van der Waals surface area contributed by atoms with E-state index in [-0.39, 0.29) is 17.0 Å². The van der Waals surface area contributed by atoms with E-state index in [9.17, 15) is 13.2 Å². The zero-order valence-corrected chi connectivity index (χ0v) is 18.5. The molecule has 1 aliphatic heterocycles. The number of aromatic nitrogens is 1. The van der Waals surface area contributed by atoms with Crippen molar-refractivity contribution >= 4 is 21.4 Å². The zero-order valence-electron chi connectivity index (χ0n) is 17.7. The molecular weight excluding hydrogens is 390 g/mol. The molecule has 3 rings (SSSR count). The van der Waals surface area contributed by atoms with E-state index in [2.05, 4.69) is 15.2 Å². The van der Waals surface area contributed by atoms with Gasteiger partial charge in [-0.3, -0.25) is 4.79 Å². The Balaban J connectivity index is 1.59. The lowest BCUT2D eigenvalue weighted by molar-refractivity contribution is 0.0929. The van der Waals surface area contributed by atoms with E-state index in [0.717, 1.165) is 37.4 Å². The number of carbonyl (C=O) groups excluding carboxylic acids is 1. The third kappa shape index (κ3) is 4.47. The number of nitrogens with zero attached hydrogens (tertiary/aromatic N) is 2. The molecule has 0 unspecified atom stereocenters. The van der Waals surface area contributed by atoms with Gasteiger partial charge in [-0.1, -0.05) is 0 Å². The van der Waals surface area contributed by atoms with E-state index < -0.39 is 14.6 Å². The van der Waals surface area contributed by atoms with Crippen LogP contribution in [0.25, 0.3) is 0 Å². The molecule has 1 amide bonds. The highest BCUT2D eigenvalue weighted by Gasteiger charge is 2.32. The third-order valence-electron chi connectivity index (χ3n) is 5.28. The van der Waals surface area contributed by atoms with Crippen LogP contribution in [0.15, 0.2) is 33.8 Å². The van der Waals surface area contributed by atoms with Gasteiger partial charge in [0.05, 0.1) is 22.2 Å². The lowest BCUT2D eigenvalue weighted by Gasteiger charge is -2.33. The molecule has 0 atom stereocenters. The number of piperidine rings is 1. The molecule has 1 fully saturated rings. The lowest BCUT2D eigenvalue weighted by atomic mass is 10.0. The molecule has 2 aromatic rings. The van der Waals surface area contributed by atoms with Crippen molar-refractivity contribution in [3.63, 3.8) is 0 Å². The number of pyridine rings is 1. The van der Waals surface area contributed by atoms with Gasteiger partial charge >= 0.3 is 0 Å². The van der Waals surface area contributed by atoms with Gasteiger partial charge in [-0.05, 0) is 65.7 Å². The Bertz CT molecular complexity index is 980. The average Bonchev–Trinajstić information content (AvgIpc) is 3.00. The first kappa shape index (κ1) is 21.4. The summed E-state index contributed by atoms with van der Waals surface area (Å²) in [4.78, 5) is 18.8. The second-order valence-electron chi connectivity index (χ2n) is 8.53. The van der Waals surface area contributed by atoms with Gasteiger partial charge in [-0.2, -0.15) is 0 Å². The van der Waals surface area contributed by atoms with E-state index >= 15 is 0 Å². The van der Waals surface area contributed by atoms with E-state index in [1.807, 2.05) is 13.0 Å². The number of hydrogen-bond acceptors (Lipinski definition) is 6. The molecule has 29 heavy (non-hydrogen) atoms. The van der Waals surface area contributed by atoms with E-state index in [4.69, 9.17) is 4.42 Å². The fourth-order valence-corrected chi connectivity index (χ4v) is 4.50. The number of hydrogen-bond donors (Lipinski definition) is 1. The highest BCUT2D eigenvalue weighted by atomic mass is 32.2. The number of furan rings is 1. The van der Waals surface area contributed by atoms with Crippen LogP contribution in [0, 0.1) is 13.8 Å². The van der Waals surface area contributed by atoms with Crippen LogP contribution in [0.5, 0.6) is 0 Å². The topological polar surface area (TPSA) is 92.5 Å². The first-order valence-electron chi connectivity index (χ1n) is 9.82. The van der Waals surface area contributed by atoms with E-state index in [0.29, 0.717) is 11.3 Å². The standard InChI is InChI=1S/C21H29N3O4S/c1-14-12-18(15(2)28-14)20(25)23-16-8-10-24(11-9-16)17-6-7-19(22-13-17)29(26,27)21(3,4)5/h6-7,12-13,16H,8-11H2,1-5H3,(H,23,25). The van der Waals surface area contributed by atoms with Gasteiger partial charge in [0.2, 0.25) is 0 Å². The average molecular weight is 420 g/mol. The van der Waals surface area contributed by atoms with Gasteiger partial charge in [0, 0.05) is 19.1 Å². The molecule has 0 aliphatic carbocycles. The fraction of sp³-hybridized carbons (Fsp3) is 0.524. The molecule has 0 aromatic carbocycles. The van der Waals surface area contributed by atoms with Crippen LogP contribution in [0.2, 0.25) is 0 Å². The van der Waals surface area contributed by atoms with Crippen LogP contribution < -0.4 is 10.2 Å². The normalized spacial score (nSPS) is 16.1. The summed E-state index contributed by atoms with van der Waals surface area (Å²) < 4.78 is 29.6. The number of amides is 1. The number of carbonyl (C=O) groups is 1. The maximum absolute atomic E-state index is 12.5. The minimum absolute atomic E-state index is 0.0988. The Morgan fingerprint density at radius 1 is 1.21 bits per heavy atom. The summed E-state index contributed by atoms with van der Waals surface area (Å²) >= 11 is 0. The summed E-state index contributed by atoms with van der Waals surface area (Å²) in [5, 5.41) is 3.19. The molecule has 7 nitrogen and oxygen atoms in total. The molecule has 0 spiro atoms. The van der Waals surface area contributed by atoms with Crippen LogP contribution in [-0.4, -0.2) is 43.2 Å². The molecule has 3 heterocycles. The summed E-state index contributed by atoms with van der Waals surface area (Å²) in [6.07, 6.45) is 3.24. The minimum Gasteiger partial charge on any atom is -0.466 e. The van der Waals surface area contributed by atoms with Crippen LogP contribution in [0.3, 0.4) is 0 Å². The van der Waals surface area contributed by atoms with Crippen molar-refractivity contribution in [3.8, 4) is 0 Å². The Kier molecular flexibility index (Phi) is 5.76. The zero-order chi connectivity index (χ0) is 21.4. The lowest BCUT2D eigenvalue weighted by Crippen LogP contribution is -2.44. The summed E-state index contributed by atoms with van der Waals surface area (Å²) in [5.41, 5.74) is 1.48. The third-order valence-corrected chi connectivity index (χ3v) is 7.69. The maximum atomic E-state index is 12.5. The number of rotatable bonds is 4. The van der Waals surface area contributed by atoms with Crippen molar-refractivity contribution in [2.24, 2.45) is 0 Å². The predicted octanol–water partition coefficient (Wildman–Crippen LogP) is 3.26. The number of anilines is 1. The fourth-order valence-electron chi connectivity index (χ4n) is 3.43. The maximum Gasteiger partial charge on any atom is 0.255 e. The Morgan fingerprint density at radius 2 is 1.86 bits per heavy atom. The van der Waals surface area contributed by atoms with Crippen LogP contribution in [-0.2, 0) is 9.84 Å². The van der Waals surface area contributed by atoms with Crippen molar-refractivity contribution in [2.45, 2.75) is 63.3 Å². The summed E-state index contributed by atoms with van der Waals surface area (Å²) in [6.45, 7) is 10.2.